The molecule has 0 aromatic heterocycles. The van der Waals surface area contributed by atoms with E-state index < -0.39 is 11.6 Å². The Kier molecular flexibility index (Phi) is 5.98. The zero-order valence-electron chi connectivity index (χ0n) is 10.4. The lowest BCUT2D eigenvalue weighted by atomic mass is 10.1. The van der Waals surface area contributed by atoms with Crippen molar-refractivity contribution in [3.05, 3.63) is 29.3 Å². The predicted octanol–water partition coefficient (Wildman–Crippen LogP) is 3.59. The Balaban J connectivity index is 2.62. The number of thiocarbonyl (C=S) groups is 1. The number of nitrogens with two attached hydrogens (primary N) is 1. The Morgan fingerprint density at radius 2 is 1.94 bits per heavy atom. The van der Waals surface area contributed by atoms with E-state index in [1.807, 2.05) is 0 Å². The van der Waals surface area contributed by atoms with Crippen LogP contribution < -0.4 is 11.1 Å². The fraction of sp³-hybridized carbons (Fsp3) is 0.462. The zero-order chi connectivity index (χ0) is 13.5. The van der Waals surface area contributed by atoms with Gasteiger partial charge in [0, 0.05) is 12.1 Å². The highest BCUT2D eigenvalue weighted by Crippen LogP contribution is 2.20. The third-order valence-electron chi connectivity index (χ3n) is 2.69. The summed E-state index contributed by atoms with van der Waals surface area (Å²) in [4.78, 5) is -0.138. The number of halogens is 2. The normalized spacial score (nSPS) is 10.4. The summed E-state index contributed by atoms with van der Waals surface area (Å²) in [7, 11) is 0. The zero-order valence-corrected chi connectivity index (χ0v) is 11.2. The molecule has 0 unspecified atom stereocenters. The van der Waals surface area contributed by atoms with Gasteiger partial charge in [-0.05, 0) is 18.6 Å². The Morgan fingerprint density at radius 3 is 2.56 bits per heavy atom. The van der Waals surface area contributed by atoms with Crippen molar-refractivity contribution in [1.29, 1.82) is 0 Å². The summed E-state index contributed by atoms with van der Waals surface area (Å²) in [6.07, 6.45) is 4.31. The number of benzene rings is 1. The first kappa shape index (κ1) is 14.8. The van der Waals surface area contributed by atoms with Gasteiger partial charge in [-0.25, -0.2) is 8.78 Å². The average molecular weight is 272 g/mol. The fourth-order valence-corrected chi connectivity index (χ4v) is 1.81. The number of nitrogens with one attached hydrogen (secondary N) is 1. The number of unbranched alkanes of at least 4 members (excludes halogenated alkanes) is 3. The van der Waals surface area contributed by atoms with E-state index in [4.69, 9.17) is 5.73 Å². The van der Waals surface area contributed by atoms with E-state index in [2.05, 4.69) is 24.5 Å². The maximum atomic E-state index is 13.6. The summed E-state index contributed by atoms with van der Waals surface area (Å²) >= 11 is 4.64. The minimum Gasteiger partial charge on any atom is -0.389 e. The Bertz CT molecular complexity index is 422. The molecule has 1 aromatic carbocycles. The SMILES string of the molecule is CCCCCCNc1ccc(C(N)=S)c(F)c1F. The average Bonchev–Trinajstić information content (AvgIpc) is 2.33. The van der Waals surface area contributed by atoms with E-state index in [1.54, 1.807) is 0 Å². The molecule has 100 valence electrons. The molecular weight excluding hydrogens is 254 g/mol. The van der Waals surface area contributed by atoms with Gasteiger partial charge in [-0.3, -0.25) is 0 Å². The number of rotatable bonds is 7. The van der Waals surface area contributed by atoms with Crippen molar-refractivity contribution in [2.75, 3.05) is 11.9 Å². The van der Waals surface area contributed by atoms with Crippen LogP contribution in [0.3, 0.4) is 0 Å². The molecule has 1 rings (SSSR count). The van der Waals surface area contributed by atoms with E-state index in [0.717, 1.165) is 25.7 Å². The van der Waals surface area contributed by atoms with Gasteiger partial charge in [-0.15, -0.1) is 0 Å². The highest BCUT2D eigenvalue weighted by Gasteiger charge is 2.14. The largest absolute Gasteiger partial charge is 0.389 e. The van der Waals surface area contributed by atoms with Gasteiger partial charge in [0.25, 0.3) is 0 Å². The van der Waals surface area contributed by atoms with E-state index in [9.17, 15) is 8.78 Å². The molecule has 0 saturated heterocycles. The molecule has 1 aromatic rings. The van der Waals surface area contributed by atoms with Gasteiger partial charge in [-0.1, -0.05) is 38.4 Å². The van der Waals surface area contributed by atoms with Crippen LogP contribution in [-0.4, -0.2) is 11.5 Å². The van der Waals surface area contributed by atoms with E-state index in [-0.39, 0.29) is 16.2 Å². The smallest absolute Gasteiger partial charge is 0.182 e. The fourth-order valence-electron chi connectivity index (χ4n) is 1.65. The monoisotopic (exact) mass is 272 g/mol. The maximum Gasteiger partial charge on any atom is 0.182 e. The molecule has 0 heterocycles. The molecule has 0 aliphatic heterocycles. The minimum atomic E-state index is -0.985. The van der Waals surface area contributed by atoms with Crippen molar-refractivity contribution in [3.63, 3.8) is 0 Å². The molecule has 0 bridgehead atoms. The molecule has 18 heavy (non-hydrogen) atoms. The van der Waals surface area contributed by atoms with Crippen LogP contribution in [-0.2, 0) is 0 Å². The van der Waals surface area contributed by atoms with Crippen molar-refractivity contribution in [3.8, 4) is 0 Å². The summed E-state index contributed by atoms with van der Waals surface area (Å²) in [6.45, 7) is 2.75. The first-order chi connectivity index (χ1) is 8.57. The first-order valence-electron chi connectivity index (χ1n) is 6.09. The van der Waals surface area contributed by atoms with E-state index >= 15 is 0 Å². The summed E-state index contributed by atoms with van der Waals surface area (Å²) < 4.78 is 27.2. The van der Waals surface area contributed by atoms with Gasteiger partial charge in [0.15, 0.2) is 11.6 Å². The Morgan fingerprint density at radius 1 is 1.22 bits per heavy atom. The first-order valence-corrected chi connectivity index (χ1v) is 6.50. The van der Waals surface area contributed by atoms with Gasteiger partial charge in [-0.2, -0.15) is 0 Å². The summed E-state index contributed by atoms with van der Waals surface area (Å²) in [6, 6.07) is 2.86. The van der Waals surface area contributed by atoms with Crippen LogP contribution >= 0.6 is 12.2 Å². The number of hydrogen-bond acceptors (Lipinski definition) is 2. The van der Waals surface area contributed by atoms with Crippen LogP contribution in [0.2, 0.25) is 0 Å². The Labute approximate surface area is 112 Å². The van der Waals surface area contributed by atoms with E-state index in [1.165, 1.54) is 12.1 Å². The molecular formula is C13H18F2N2S. The summed E-state index contributed by atoms with van der Waals surface area (Å²) in [5.41, 5.74) is 5.39. The molecule has 5 heteroatoms. The van der Waals surface area contributed by atoms with Gasteiger partial charge in [0.1, 0.15) is 4.99 Å². The highest BCUT2D eigenvalue weighted by molar-refractivity contribution is 7.80. The molecule has 0 radical (unpaired) electrons. The van der Waals surface area contributed by atoms with Crippen LogP contribution in [0, 0.1) is 11.6 Å². The minimum absolute atomic E-state index is 0.0565. The van der Waals surface area contributed by atoms with Crippen molar-refractivity contribution < 1.29 is 8.78 Å². The molecule has 0 atom stereocenters. The summed E-state index contributed by atoms with van der Waals surface area (Å²) in [5, 5.41) is 2.88. The van der Waals surface area contributed by atoms with Crippen LogP contribution in [0.5, 0.6) is 0 Å². The van der Waals surface area contributed by atoms with Crippen molar-refractivity contribution in [2.45, 2.75) is 32.6 Å². The van der Waals surface area contributed by atoms with Crippen LogP contribution in [0.4, 0.5) is 14.5 Å². The van der Waals surface area contributed by atoms with Crippen LogP contribution in [0.1, 0.15) is 38.2 Å². The van der Waals surface area contributed by atoms with Crippen molar-refractivity contribution in [2.24, 2.45) is 5.73 Å². The molecule has 0 aliphatic rings. The Hall–Kier alpha value is -1.23. The molecule has 0 aliphatic carbocycles. The molecule has 2 nitrogen and oxygen atoms in total. The second kappa shape index (κ2) is 7.26. The van der Waals surface area contributed by atoms with Gasteiger partial charge >= 0.3 is 0 Å². The molecule has 0 saturated carbocycles. The van der Waals surface area contributed by atoms with Gasteiger partial charge in [0.05, 0.1) is 5.69 Å². The van der Waals surface area contributed by atoms with Crippen LogP contribution in [0.15, 0.2) is 12.1 Å². The molecule has 3 N–H and O–H groups in total. The van der Waals surface area contributed by atoms with Crippen molar-refractivity contribution in [1.82, 2.24) is 0 Å². The van der Waals surface area contributed by atoms with Crippen molar-refractivity contribution >= 4 is 22.9 Å². The second-order valence-corrected chi connectivity index (χ2v) is 4.58. The molecule has 0 amide bonds. The number of anilines is 1. The lowest BCUT2D eigenvalue weighted by Gasteiger charge is -2.10. The number of hydrogen-bond donors (Lipinski definition) is 2. The second-order valence-electron chi connectivity index (χ2n) is 4.14. The third-order valence-corrected chi connectivity index (χ3v) is 2.91. The van der Waals surface area contributed by atoms with Gasteiger partial charge < -0.3 is 11.1 Å². The quantitative estimate of drug-likeness (QED) is 0.588. The predicted molar refractivity (Wildman–Crippen MR) is 74.9 cm³/mol. The standard InChI is InChI=1S/C13H18F2N2S/c1-2-3-4-5-8-17-10-7-6-9(13(16)18)11(14)12(10)15/h6-7,17H,2-5,8H2,1H3,(H2,16,18). The topological polar surface area (TPSA) is 38.0 Å². The highest BCUT2D eigenvalue weighted by atomic mass is 32.1. The lowest BCUT2D eigenvalue weighted by Crippen LogP contribution is -2.14. The van der Waals surface area contributed by atoms with Crippen LogP contribution in [0.25, 0.3) is 0 Å². The molecule has 0 fully saturated rings. The molecule has 0 spiro atoms. The maximum absolute atomic E-state index is 13.6. The van der Waals surface area contributed by atoms with Gasteiger partial charge in [0.2, 0.25) is 0 Å². The van der Waals surface area contributed by atoms with E-state index in [0.29, 0.717) is 6.54 Å². The third kappa shape index (κ3) is 3.91. The lowest BCUT2D eigenvalue weighted by molar-refractivity contribution is 0.509. The summed E-state index contributed by atoms with van der Waals surface area (Å²) in [5.74, 6) is -1.91.